The molecule has 0 saturated heterocycles. The lowest BCUT2D eigenvalue weighted by Gasteiger charge is -2.24. The highest BCUT2D eigenvalue weighted by Gasteiger charge is 2.21. The van der Waals surface area contributed by atoms with Gasteiger partial charge < -0.3 is 10.2 Å². The van der Waals surface area contributed by atoms with Crippen molar-refractivity contribution in [2.24, 2.45) is 5.92 Å². The number of amides is 2. The van der Waals surface area contributed by atoms with Crippen molar-refractivity contribution in [3.63, 3.8) is 0 Å². The summed E-state index contributed by atoms with van der Waals surface area (Å²) in [5, 5.41) is 2.99. The molecule has 2 rings (SSSR count). The van der Waals surface area contributed by atoms with Crippen molar-refractivity contribution in [2.75, 3.05) is 18.0 Å². The van der Waals surface area contributed by atoms with Crippen LogP contribution in [0.5, 0.6) is 0 Å². The van der Waals surface area contributed by atoms with Gasteiger partial charge in [0.2, 0.25) is 11.8 Å². The molecule has 1 saturated carbocycles. The molecule has 0 unspecified atom stereocenters. The highest BCUT2D eigenvalue weighted by molar-refractivity contribution is 9.10. The van der Waals surface area contributed by atoms with E-state index in [-0.39, 0.29) is 17.7 Å². The Kier molecular flexibility index (Phi) is 6.63. The number of hydrogen-bond donors (Lipinski definition) is 1. The van der Waals surface area contributed by atoms with Crippen LogP contribution < -0.4 is 10.2 Å². The predicted molar refractivity (Wildman–Crippen MR) is 96.5 cm³/mol. The van der Waals surface area contributed by atoms with Crippen molar-refractivity contribution in [2.45, 2.75) is 46.0 Å². The number of nitrogens with one attached hydrogen (secondary N) is 1. The maximum absolute atomic E-state index is 12.2. The van der Waals surface area contributed by atoms with E-state index >= 15 is 0 Å². The van der Waals surface area contributed by atoms with Crippen molar-refractivity contribution in [1.29, 1.82) is 0 Å². The average molecular weight is 381 g/mol. The number of rotatable bonds is 5. The molecular weight excluding hydrogens is 356 g/mol. The Labute approximate surface area is 146 Å². The van der Waals surface area contributed by atoms with Crippen LogP contribution in [0.15, 0.2) is 22.7 Å². The number of aryl methyl sites for hydroxylation is 1. The van der Waals surface area contributed by atoms with Gasteiger partial charge in [0.25, 0.3) is 0 Å². The molecule has 1 N–H and O–H groups in total. The summed E-state index contributed by atoms with van der Waals surface area (Å²) >= 11 is 3.50. The molecule has 1 aromatic carbocycles. The summed E-state index contributed by atoms with van der Waals surface area (Å²) in [7, 11) is 0. The van der Waals surface area contributed by atoms with E-state index in [1.807, 2.05) is 25.1 Å². The van der Waals surface area contributed by atoms with E-state index < -0.39 is 0 Å². The van der Waals surface area contributed by atoms with Crippen LogP contribution in [0.4, 0.5) is 5.69 Å². The van der Waals surface area contributed by atoms with E-state index in [1.54, 1.807) is 11.8 Å². The molecule has 0 aliphatic heterocycles. The molecule has 0 radical (unpaired) electrons. The fraction of sp³-hybridized carbons (Fsp3) is 0.556. The summed E-state index contributed by atoms with van der Waals surface area (Å²) in [6.07, 6.45) is 5.52. The third-order valence-corrected chi connectivity index (χ3v) is 5.31. The summed E-state index contributed by atoms with van der Waals surface area (Å²) in [4.78, 5) is 25.8. The van der Waals surface area contributed by atoms with Crippen LogP contribution in [-0.4, -0.2) is 24.9 Å². The molecule has 1 aromatic rings. The summed E-state index contributed by atoms with van der Waals surface area (Å²) in [6.45, 7) is 4.54. The molecule has 1 aliphatic carbocycles. The van der Waals surface area contributed by atoms with E-state index in [2.05, 4.69) is 21.2 Å². The second kappa shape index (κ2) is 8.48. The summed E-state index contributed by atoms with van der Waals surface area (Å²) in [6, 6.07) is 5.86. The van der Waals surface area contributed by atoms with Gasteiger partial charge in [-0.05, 0) is 37.5 Å². The van der Waals surface area contributed by atoms with Gasteiger partial charge in [0.15, 0.2) is 0 Å². The molecule has 1 aliphatic rings. The average Bonchev–Trinajstić information content (AvgIpc) is 2.54. The Morgan fingerprint density at radius 3 is 2.57 bits per heavy atom. The number of halogens is 1. The van der Waals surface area contributed by atoms with Crippen LogP contribution in [-0.2, 0) is 9.59 Å². The van der Waals surface area contributed by atoms with Crippen molar-refractivity contribution >= 4 is 33.4 Å². The third-order valence-electron chi connectivity index (χ3n) is 4.46. The molecule has 4 nitrogen and oxygen atoms in total. The number of carbonyl (C=O) groups is 2. The molecule has 0 bridgehead atoms. The number of benzene rings is 1. The lowest BCUT2D eigenvalue weighted by Crippen LogP contribution is -2.40. The zero-order chi connectivity index (χ0) is 16.8. The van der Waals surface area contributed by atoms with Gasteiger partial charge in [-0.1, -0.05) is 41.3 Å². The Bertz CT molecular complexity index is 568. The number of anilines is 1. The third kappa shape index (κ3) is 5.06. The molecular formula is C18H25BrN2O2. The zero-order valence-electron chi connectivity index (χ0n) is 13.9. The van der Waals surface area contributed by atoms with Crippen molar-refractivity contribution in [3.05, 3.63) is 28.2 Å². The minimum Gasteiger partial charge on any atom is -0.354 e. The van der Waals surface area contributed by atoms with Gasteiger partial charge in [0.1, 0.15) is 0 Å². The first-order chi connectivity index (χ1) is 11.0. The molecule has 126 valence electrons. The van der Waals surface area contributed by atoms with Gasteiger partial charge in [-0.15, -0.1) is 0 Å². The second-order valence-corrected chi connectivity index (χ2v) is 7.08. The summed E-state index contributed by atoms with van der Waals surface area (Å²) in [5.74, 6) is 0.272. The monoisotopic (exact) mass is 380 g/mol. The molecule has 5 heteroatoms. The molecule has 0 heterocycles. The van der Waals surface area contributed by atoms with Crippen LogP contribution >= 0.6 is 15.9 Å². The second-order valence-electron chi connectivity index (χ2n) is 6.23. The zero-order valence-corrected chi connectivity index (χ0v) is 15.5. The quantitative estimate of drug-likeness (QED) is 0.843. The van der Waals surface area contributed by atoms with Gasteiger partial charge >= 0.3 is 0 Å². The largest absolute Gasteiger partial charge is 0.354 e. The summed E-state index contributed by atoms with van der Waals surface area (Å²) < 4.78 is 0.979. The molecule has 23 heavy (non-hydrogen) atoms. The lowest BCUT2D eigenvalue weighted by molar-refractivity contribution is -0.126. The SMILES string of the molecule is CC(=O)N(CCNC(=O)C1CCCCC1)c1ccc(C)c(Br)c1. The smallest absolute Gasteiger partial charge is 0.223 e. The van der Waals surface area contributed by atoms with Crippen molar-refractivity contribution < 1.29 is 9.59 Å². The Balaban J connectivity index is 1.91. The van der Waals surface area contributed by atoms with Crippen LogP contribution in [0.1, 0.15) is 44.6 Å². The first kappa shape index (κ1) is 18.0. The molecule has 1 fully saturated rings. The van der Waals surface area contributed by atoms with Gasteiger partial charge in [0, 0.05) is 36.1 Å². The molecule has 0 aromatic heterocycles. The highest BCUT2D eigenvalue weighted by Crippen LogP contribution is 2.24. The maximum Gasteiger partial charge on any atom is 0.223 e. The normalized spacial score (nSPS) is 15.3. The van der Waals surface area contributed by atoms with Crippen molar-refractivity contribution in [3.8, 4) is 0 Å². The predicted octanol–water partition coefficient (Wildman–Crippen LogP) is 3.81. The lowest BCUT2D eigenvalue weighted by atomic mass is 9.89. The van der Waals surface area contributed by atoms with Gasteiger partial charge in [-0.25, -0.2) is 0 Å². The van der Waals surface area contributed by atoms with Gasteiger partial charge in [0.05, 0.1) is 0 Å². The molecule has 0 spiro atoms. The van der Waals surface area contributed by atoms with Gasteiger partial charge in [-0.2, -0.15) is 0 Å². The maximum atomic E-state index is 12.2. The summed E-state index contributed by atoms with van der Waals surface area (Å²) in [5.41, 5.74) is 1.98. The van der Waals surface area contributed by atoms with E-state index in [1.165, 1.54) is 6.42 Å². The fourth-order valence-corrected chi connectivity index (χ4v) is 3.38. The number of hydrogen-bond acceptors (Lipinski definition) is 2. The minimum absolute atomic E-state index is 0.0207. The van der Waals surface area contributed by atoms with Crippen LogP contribution in [0.3, 0.4) is 0 Å². The highest BCUT2D eigenvalue weighted by atomic mass is 79.9. The molecule has 2 amide bonds. The first-order valence-corrected chi connectivity index (χ1v) is 9.10. The topological polar surface area (TPSA) is 49.4 Å². The van der Waals surface area contributed by atoms with E-state index in [9.17, 15) is 9.59 Å². The van der Waals surface area contributed by atoms with E-state index in [4.69, 9.17) is 0 Å². The van der Waals surface area contributed by atoms with Crippen molar-refractivity contribution in [1.82, 2.24) is 5.32 Å². The fourth-order valence-electron chi connectivity index (χ4n) is 3.02. The minimum atomic E-state index is -0.0207. The van der Waals surface area contributed by atoms with E-state index in [0.717, 1.165) is 41.4 Å². The molecule has 0 atom stereocenters. The Morgan fingerprint density at radius 2 is 1.96 bits per heavy atom. The Hall–Kier alpha value is -1.36. The standard InChI is InChI=1S/C18H25BrN2O2/c1-13-8-9-16(12-17(13)19)21(14(2)22)11-10-20-18(23)15-6-4-3-5-7-15/h8-9,12,15H,3-7,10-11H2,1-2H3,(H,20,23). The van der Waals surface area contributed by atoms with Gasteiger partial charge in [-0.3, -0.25) is 9.59 Å². The Morgan fingerprint density at radius 1 is 1.26 bits per heavy atom. The van der Waals surface area contributed by atoms with Crippen LogP contribution in [0, 0.1) is 12.8 Å². The number of carbonyl (C=O) groups excluding carboxylic acids is 2. The van der Waals surface area contributed by atoms with Crippen LogP contribution in [0.2, 0.25) is 0 Å². The first-order valence-electron chi connectivity index (χ1n) is 8.31. The number of nitrogens with zero attached hydrogens (tertiary/aromatic N) is 1. The van der Waals surface area contributed by atoms with Crippen LogP contribution in [0.25, 0.3) is 0 Å². The van der Waals surface area contributed by atoms with E-state index in [0.29, 0.717) is 13.1 Å².